The van der Waals surface area contributed by atoms with Crippen molar-refractivity contribution in [1.82, 2.24) is 5.32 Å². The molecule has 0 heterocycles. The third-order valence-electron chi connectivity index (χ3n) is 3.81. The number of methoxy groups -OCH3 is 1. The summed E-state index contributed by atoms with van der Waals surface area (Å²) in [4.78, 5) is 12.2. The Kier molecular flexibility index (Phi) is 5.58. The SMILES string of the molecule is COc1ccc(C)cc1[C@H](C)NC(=O)/C=C/c1ccccc1C. The minimum Gasteiger partial charge on any atom is -0.496 e. The molecule has 0 saturated carbocycles. The maximum atomic E-state index is 12.2. The molecule has 1 amide bonds. The first kappa shape index (κ1) is 16.8. The van der Waals surface area contributed by atoms with Crippen LogP contribution < -0.4 is 10.1 Å². The van der Waals surface area contributed by atoms with E-state index < -0.39 is 0 Å². The Hall–Kier alpha value is -2.55. The van der Waals surface area contributed by atoms with Gasteiger partial charge >= 0.3 is 0 Å². The zero-order valence-electron chi connectivity index (χ0n) is 14.1. The summed E-state index contributed by atoms with van der Waals surface area (Å²) in [5, 5.41) is 2.98. The Morgan fingerprint density at radius 2 is 1.91 bits per heavy atom. The highest BCUT2D eigenvalue weighted by atomic mass is 16.5. The molecule has 0 fully saturated rings. The Morgan fingerprint density at radius 1 is 1.17 bits per heavy atom. The van der Waals surface area contributed by atoms with Crippen molar-refractivity contribution in [1.29, 1.82) is 0 Å². The summed E-state index contributed by atoms with van der Waals surface area (Å²) in [5.74, 6) is 0.663. The van der Waals surface area contributed by atoms with Gasteiger partial charge in [-0.2, -0.15) is 0 Å². The van der Waals surface area contributed by atoms with Gasteiger partial charge in [-0.25, -0.2) is 0 Å². The van der Waals surface area contributed by atoms with Crippen LogP contribution in [-0.2, 0) is 4.79 Å². The van der Waals surface area contributed by atoms with Crippen molar-refractivity contribution in [2.75, 3.05) is 7.11 Å². The van der Waals surface area contributed by atoms with Crippen LogP contribution in [0.5, 0.6) is 5.75 Å². The van der Waals surface area contributed by atoms with Crippen molar-refractivity contribution in [3.05, 3.63) is 70.8 Å². The lowest BCUT2D eigenvalue weighted by Gasteiger charge is -2.17. The first-order valence-electron chi connectivity index (χ1n) is 7.70. The number of hydrogen-bond donors (Lipinski definition) is 1. The van der Waals surface area contributed by atoms with Crippen molar-refractivity contribution >= 4 is 12.0 Å². The van der Waals surface area contributed by atoms with E-state index in [2.05, 4.69) is 5.32 Å². The zero-order chi connectivity index (χ0) is 16.8. The van der Waals surface area contributed by atoms with Gasteiger partial charge in [0.1, 0.15) is 5.75 Å². The van der Waals surface area contributed by atoms with Crippen molar-refractivity contribution in [2.24, 2.45) is 0 Å². The van der Waals surface area contributed by atoms with E-state index in [1.165, 1.54) is 0 Å². The maximum Gasteiger partial charge on any atom is 0.244 e. The number of ether oxygens (including phenoxy) is 1. The van der Waals surface area contributed by atoms with Crippen LogP contribution >= 0.6 is 0 Å². The van der Waals surface area contributed by atoms with Crippen LogP contribution in [0.4, 0.5) is 0 Å². The number of hydrogen-bond acceptors (Lipinski definition) is 2. The third-order valence-corrected chi connectivity index (χ3v) is 3.81. The number of nitrogens with one attached hydrogen (secondary N) is 1. The summed E-state index contributed by atoms with van der Waals surface area (Å²) >= 11 is 0. The molecule has 23 heavy (non-hydrogen) atoms. The average Bonchev–Trinajstić information content (AvgIpc) is 2.54. The van der Waals surface area contributed by atoms with Crippen LogP contribution in [0.25, 0.3) is 6.08 Å². The first-order chi connectivity index (χ1) is 11.0. The highest BCUT2D eigenvalue weighted by Gasteiger charge is 2.13. The number of amides is 1. The summed E-state index contributed by atoms with van der Waals surface area (Å²) in [6.45, 7) is 6.00. The molecule has 3 nitrogen and oxygen atoms in total. The second-order valence-electron chi connectivity index (χ2n) is 5.67. The Balaban J connectivity index is 2.08. The summed E-state index contributed by atoms with van der Waals surface area (Å²) < 4.78 is 5.38. The highest BCUT2D eigenvalue weighted by Crippen LogP contribution is 2.26. The van der Waals surface area contributed by atoms with Crippen molar-refractivity contribution in [3.63, 3.8) is 0 Å². The Bertz CT molecular complexity index is 719. The van der Waals surface area contributed by atoms with Crippen LogP contribution in [0.3, 0.4) is 0 Å². The van der Waals surface area contributed by atoms with E-state index in [4.69, 9.17) is 4.74 Å². The molecule has 0 aliphatic rings. The number of rotatable bonds is 5. The van der Waals surface area contributed by atoms with Gasteiger partial charge in [0.05, 0.1) is 13.2 Å². The molecule has 1 N–H and O–H groups in total. The third kappa shape index (κ3) is 4.46. The molecule has 2 aromatic carbocycles. The second-order valence-corrected chi connectivity index (χ2v) is 5.67. The van der Waals surface area contributed by atoms with Crippen LogP contribution in [0.15, 0.2) is 48.5 Å². The van der Waals surface area contributed by atoms with Gasteiger partial charge in [0.15, 0.2) is 0 Å². The largest absolute Gasteiger partial charge is 0.496 e. The monoisotopic (exact) mass is 309 g/mol. The predicted molar refractivity (Wildman–Crippen MR) is 94.5 cm³/mol. The Morgan fingerprint density at radius 3 is 2.61 bits per heavy atom. The molecular weight excluding hydrogens is 286 g/mol. The normalized spacial score (nSPS) is 12.2. The van der Waals surface area contributed by atoms with Gasteiger partial charge < -0.3 is 10.1 Å². The van der Waals surface area contributed by atoms with Crippen LogP contribution in [-0.4, -0.2) is 13.0 Å². The molecule has 0 unspecified atom stereocenters. The molecule has 0 spiro atoms. The molecule has 1 atom stereocenters. The smallest absolute Gasteiger partial charge is 0.244 e. The molecule has 2 rings (SSSR count). The van der Waals surface area contributed by atoms with Gasteiger partial charge in [-0.15, -0.1) is 0 Å². The van der Waals surface area contributed by atoms with Gasteiger partial charge in [-0.1, -0.05) is 42.0 Å². The fraction of sp³-hybridized carbons (Fsp3) is 0.250. The number of benzene rings is 2. The lowest BCUT2D eigenvalue weighted by atomic mass is 10.0. The van der Waals surface area contributed by atoms with Crippen molar-refractivity contribution in [3.8, 4) is 5.75 Å². The van der Waals surface area contributed by atoms with Crippen molar-refractivity contribution < 1.29 is 9.53 Å². The number of carbonyl (C=O) groups excluding carboxylic acids is 1. The predicted octanol–water partition coefficient (Wildman–Crippen LogP) is 4.20. The van der Waals surface area contributed by atoms with Gasteiger partial charge in [-0.3, -0.25) is 4.79 Å². The number of carbonyl (C=O) groups is 1. The lowest BCUT2D eigenvalue weighted by Crippen LogP contribution is -2.25. The summed E-state index contributed by atoms with van der Waals surface area (Å²) in [7, 11) is 1.64. The van der Waals surface area contributed by atoms with Gasteiger partial charge in [0.2, 0.25) is 5.91 Å². The van der Waals surface area contributed by atoms with Crippen LogP contribution in [0.2, 0.25) is 0 Å². The van der Waals surface area contributed by atoms with E-state index in [1.807, 2.05) is 69.3 Å². The quantitative estimate of drug-likeness (QED) is 0.841. The molecule has 120 valence electrons. The van der Waals surface area contributed by atoms with E-state index in [9.17, 15) is 4.79 Å². The molecule has 0 aliphatic carbocycles. The van der Waals surface area contributed by atoms with E-state index >= 15 is 0 Å². The standard InChI is InChI=1S/C20H23NO2/c1-14-9-11-19(23-4)18(13-14)16(3)21-20(22)12-10-17-8-6-5-7-15(17)2/h5-13,16H,1-4H3,(H,21,22)/b12-10+/t16-/m0/s1. The molecular formula is C20H23NO2. The molecule has 2 aromatic rings. The van der Waals surface area contributed by atoms with Crippen LogP contribution in [0.1, 0.15) is 35.2 Å². The molecule has 0 aromatic heterocycles. The fourth-order valence-electron chi connectivity index (χ4n) is 2.47. The highest BCUT2D eigenvalue weighted by molar-refractivity contribution is 5.92. The lowest BCUT2D eigenvalue weighted by molar-refractivity contribution is -0.117. The molecule has 0 radical (unpaired) electrons. The zero-order valence-corrected chi connectivity index (χ0v) is 14.1. The van der Waals surface area contributed by atoms with E-state index in [-0.39, 0.29) is 11.9 Å². The maximum absolute atomic E-state index is 12.2. The van der Waals surface area contributed by atoms with E-state index in [0.29, 0.717) is 0 Å². The Labute approximate surface area is 138 Å². The van der Waals surface area contributed by atoms with Crippen molar-refractivity contribution in [2.45, 2.75) is 26.8 Å². The minimum absolute atomic E-state index is 0.121. The minimum atomic E-state index is -0.126. The van der Waals surface area contributed by atoms with Gasteiger partial charge in [0.25, 0.3) is 0 Å². The van der Waals surface area contributed by atoms with E-state index in [0.717, 1.165) is 28.0 Å². The fourth-order valence-corrected chi connectivity index (χ4v) is 2.47. The molecule has 0 saturated heterocycles. The summed E-state index contributed by atoms with van der Waals surface area (Å²) in [5.41, 5.74) is 4.30. The molecule has 3 heteroatoms. The van der Waals surface area contributed by atoms with Crippen LogP contribution in [0, 0.1) is 13.8 Å². The molecule has 0 bridgehead atoms. The average molecular weight is 309 g/mol. The first-order valence-corrected chi connectivity index (χ1v) is 7.70. The van der Waals surface area contributed by atoms with Gasteiger partial charge in [-0.05, 0) is 44.0 Å². The summed E-state index contributed by atoms with van der Waals surface area (Å²) in [6, 6.07) is 13.8. The topological polar surface area (TPSA) is 38.3 Å². The van der Waals surface area contributed by atoms with Gasteiger partial charge in [0, 0.05) is 11.6 Å². The summed E-state index contributed by atoms with van der Waals surface area (Å²) in [6.07, 6.45) is 3.41. The van der Waals surface area contributed by atoms with E-state index in [1.54, 1.807) is 13.2 Å². The number of aryl methyl sites for hydroxylation is 2. The molecule has 0 aliphatic heterocycles. The second kappa shape index (κ2) is 7.63.